The van der Waals surface area contributed by atoms with Crippen molar-refractivity contribution in [3.05, 3.63) is 101 Å². The first-order chi connectivity index (χ1) is 14.7. The molecule has 164 valence electrons. The Kier molecular flexibility index (Phi) is 8.62. The van der Waals surface area contributed by atoms with Gasteiger partial charge in [-0.2, -0.15) is 0 Å². The predicted octanol–water partition coefficient (Wildman–Crippen LogP) is 5.84. The Morgan fingerprint density at radius 1 is 1.19 bits per heavy atom. The number of amides is 2. The van der Waals surface area contributed by atoms with Gasteiger partial charge < -0.3 is 16.0 Å². The molecule has 0 aromatic heterocycles. The lowest BCUT2D eigenvalue weighted by molar-refractivity contribution is 0.213. The van der Waals surface area contributed by atoms with E-state index < -0.39 is 0 Å². The molecule has 1 aliphatic rings. The number of benzene rings is 1. The average Bonchev–Trinajstić information content (AvgIpc) is 3.15. The molecule has 0 bridgehead atoms. The third kappa shape index (κ3) is 6.85. The molecule has 31 heavy (non-hydrogen) atoms. The Balaban J connectivity index is 2.00. The summed E-state index contributed by atoms with van der Waals surface area (Å²) in [5, 5.41) is 2.77. The molecule has 2 amide bonds. The SMILES string of the molecule is C=CC1=C(/C=C(/C)CCC)CN(C(=O)NC(=C)/C(N)=C\C=C(/C)c2ccc(F)cc2)C1. The van der Waals surface area contributed by atoms with E-state index in [4.69, 9.17) is 5.73 Å². The summed E-state index contributed by atoms with van der Waals surface area (Å²) in [6.07, 6.45) is 9.57. The van der Waals surface area contributed by atoms with Crippen LogP contribution < -0.4 is 11.1 Å². The molecule has 0 saturated heterocycles. The van der Waals surface area contributed by atoms with Crippen LogP contribution in [-0.4, -0.2) is 24.0 Å². The van der Waals surface area contributed by atoms with E-state index in [1.165, 1.54) is 17.7 Å². The third-order valence-corrected chi connectivity index (χ3v) is 5.15. The smallest absolute Gasteiger partial charge is 0.322 e. The lowest BCUT2D eigenvalue weighted by Crippen LogP contribution is -2.39. The van der Waals surface area contributed by atoms with Gasteiger partial charge in [-0.3, -0.25) is 0 Å². The zero-order chi connectivity index (χ0) is 23.0. The molecule has 0 fully saturated rings. The van der Waals surface area contributed by atoms with Crippen LogP contribution in [0.3, 0.4) is 0 Å². The number of hydrogen-bond acceptors (Lipinski definition) is 2. The van der Waals surface area contributed by atoms with Crippen molar-refractivity contribution in [3.63, 3.8) is 0 Å². The highest BCUT2D eigenvalue weighted by Crippen LogP contribution is 2.22. The van der Waals surface area contributed by atoms with Crippen LogP contribution >= 0.6 is 0 Å². The van der Waals surface area contributed by atoms with Gasteiger partial charge in [-0.1, -0.05) is 62.4 Å². The molecular weight excluding hydrogens is 389 g/mol. The van der Waals surface area contributed by atoms with Gasteiger partial charge in [-0.05, 0) is 60.8 Å². The molecule has 1 heterocycles. The van der Waals surface area contributed by atoms with Gasteiger partial charge in [0.1, 0.15) is 5.82 Å². The minimum Gasteiger partial charge on any atom is -0.397 e. The van der Waals surface area contributed by atoms with E-state index in [1.807, 2.05) is 19.1 Å². The Hall–Kier alpha value is -3.34. The topological polar surface area (TPSA) is 58.4 Å². The first-order valence-electron chi connectivity index (χ1n) is 10.4. The molecule has 0 unspecified atom stereocenters. The fourth-order valence-electron chi connectivity index (χ4n) is 3.32. The van der Waals surface area contributed by atoms with Gasteiger partial charge in [0.25, 0.3) is 0 Å². The van der Waals surface area contributed by atoms with Gasteiger partial charge in [0.2, 0.25) is 0 Å². The van der Waals surface area contributed by atoms with Crippen molar-refractivity contribution in [1.82, 2.24) is 10.2 Å². The fraction of sp³-hybridized carbons (Fsp3) is 0.269. The molecule has 0 radical (unpaired) electrons. The van der Waals surface area contributed by atoms with Gasteiger partial charge in [-0.25, -0.2) is 9.18 Å². The number of nitrogens with zero attached hydrogens (tertiary/aromatic N) is 1. The molecule has 0 atom stereocenters. The maximum absolute atomic E-state index is 13.1. The molecule has 3 N–H and O–H groups in total. The minimum absolute atomic E-state index is 0.253. The zero-order valence-corrected chi connectivity index (χ0v) is 18.7. The molecule has 1 aromatic carbocycles. The summed E-state index contributed by atoms with van der Waals surface area (Å²) in [6, 6.07) is 5.97. The predicted molar refractivity (Wildman–Crippen MR) is 127 cm³/mol. The van der Waals surface area contributed by atoms with Gasteiger partial charge in [0, 0.05) is 13.1 Å². The number of carbonyl (C=O) groups excluding carboxylic acids is 1. The highest BCUT2D eigenvalue weighted by molar-refractivity contribution is 5.78. The van der Waals surface area contributed by atoms with E-state index in [9.17, 15) is 9.18 Å². The first kappa shape index (κ1) is 23.9. The second-order valence-corrected chi connectivity index (χ2v) is 7.74. The number of nitrogens with one attached hydrogen (secondary N) is 1. The highest BCUT2D eigenvalue weighted by Gasteiger charge is 2.23. The molecule has 2 rings (SSSR count). The molecule has 1 aromatic rings. The van der Waals surface area contributed by atoms with E-state index in [2.05, 4.69) is 38.4 Å². The third-order valence-electron chi connectivity index (χ3n) is 5.15. The van der Waals surface area contributed by atoms with Gasteiger partial charge in [-0.15, -0.1) is 0 Å². The van der Waals surface area contributed by atoms with Crippen molar-refractivity contribution in [2.24, 2.45) is 5.73 Å². The van der Waals surface area contributed by atoms with E-state index in [0.29, 0.717) is 24.5 Å². The second kappa shape index (κ2) is 11.2. The maximum Gasteiger partial charge on any atom is 0.322 e. The Bertz CT molecular complexity index is 965. The largest absolute Gasteiger partial charge is 0.397 e. The molecule has 0 aliphatic carbocycles. The summed E-state index contributed by atoms with van der Waals surface area (Å²) in [7, 11) is 0. The summed E-state index contributed by atoms with van der Waals surface area (Å²) < 4.78 is 13.1. The van der Waals surface area contributed by atoms with E-state index >= 15 is 0 Å². The van der Waals surface area contributed by atoms with Crippen molar-refractivity contribution >= 4 is 11.6 Å². The first-order valence-corrected chi connectivity index (χ1v) is 10.4. The minimum atomic E-state index is -0.280. The average molecular weight is 422 g/mol. The van der Waals surface area contributed by atoms with Crippen molar-refractivity contribution in [2.75, 3.05) is 13.1 Å². The Morgan fingerprint density at radius 3 is 2.45 bits per heavy atom. The fourth-order valence-corrected chi connectivity index (χ4v) is 3.32. The number of nitrogens with two attached hydrogens (primary N) is 1. The number of urea groups is 1. The van der Waals surface area contributed by atoms with Crippen LogP contribution in [0.4, 0.5) is 9.18 Å². The maximum atomic E-state index is 13.1. The number of halogens is 1. The molecule has 0 spiro atoms. The van der Waals surface area contributed by atoms with Crippen LogP contribution in [0.2, 0.25) is 0 Å². The normalized spacial score (nSPS) is 15.4. The summed E-state index contributed by atoms with van der Waals surface area (Å²) in [4.78, 5) is 14.4. The summed E-state index contributed by atoms with van der Waals surface area (Å²) >= 11 is 0. The molecule has 5 heteroatoms. The monoisotopic (exact) mass is 421 g/mol. The van der Waals surface area contributed by atoms with Crippen LogP contribution in [0.15, 0.2) is 89.8 Å². The van der Waals surface area contributed by atoms with Gasteiger partial charge in [0.15, 0.2) is 0 Å². The Morgan fingerprint density at radius 2 is 1.84 bits per heavy atom. The summed E-state index contributed by atoms with van der Waals surface area (Å²) in [5.74, 6) is -0.280. The van der Waals surface area contributed by atoms with Crippen LogP contribution in [0, 0.1) is 5.82 Å². The number of hydrogen-bond donors (Lipinski definition) is 2. The van der Waals surface area contributed by atoms with Crippen LogP contribution in [-0.2, 0) is 0 Å². The lowest BCUT2D eigenvalue weighted by atomic mass is 10.1. The molecule has 4 nitrogen and oxygen atoms in total. The van der Waals surface area contributed by atoms with Crippen molar-refractivity contribution in [1.29, 1.82) is 0 Å². The van der Waals surface area contributed by atoms with E-state index in [0.717, 1.165) is 35.1 Å². The Labute approximate surface area is 185 Å². The van der Waals surface area contributed by atoms with E-state index in [1.54, 1.807) is 23.1 Å². The van der Waals surface area contributed by atoms with Crippen molar-refractivity contribution in [2.45, 2.75) is 33.6 Å². The number of allylic oxidation sites excluding steroid dienone is 4. The second-order valence-electron chi connectivity index (χ2n) is 7.74. The number of rotatable bonds is 8. The van der Waals surface area contributed by atoms with Crippen molar-refractivity contribution < 1.29 is 9.18 Å². The van der Waals surface area contributed by atoms with Crippen LogP contribution in [0.1, 0.15) is 39.2 Å². The van der Waals surface area contributed by atoms with Crippen LogP contribution in [0.25, 0.3) is 5.57 Å². The van der Waals surface area contributed by atoms with Gasteiger partial charge >= 0.3 is 6.03 Å². The highest BCUT2D eigenvalue weighted by atomic mass is 19.1. The standard InChI is InChI=1S/C26H32FN3O/c1-6-8-18(3)15-23-17-30(16-21(23)7-2)26(31)29-20(5)25(28)14-9-19(4)22-10-12-24(27)13-11-22/h7,9-15H,2,5-6,8,16-17,28H2,1,3-4H3,(H,29,31)/b18-15-,19-9+,25-14+. The summed E-state index contributed by atoms with van der Waals surface area (Å²) in [5.41, 5.74) is 12.0. The van der Waals surface area contributed by atoms with E-state index in [-0.39, 0.29) is 11.8 Å². The van der Waals surface area contributed by atoms with Crippen LogP contribution in [0.5, 0.6) is 0 Å². The zero-order valence-electron chi connectivity index (χ0n) is 18.7. The van der Waals surface area contributed by atoms with Gasteiger partial charge in [0.05, 0.1) is 11.4 Å². The number of carbonyl (C=O) groups is 1. The molecule has 0 saturated carbocycles. The lowest BCUT2D eigenvalue weighted by Gasteiger charge is -2.18. The van der Waals surface area contributed by atoms with Crippen molar-refractivity contribution in [3.8, 4) is 0 Å². The molecular formula is C26H32FN3O. The summed E-state index contributed by atoms with van der Waals surface area (Å²) in [6.45, 7) is 14.9. The quantitative estimate of drug-likeness (QED) is 0.518. The molecule has 1 aliphatic heterocycles.